The molecule has 0 saturated heterocycles. The molecule has 0 radical (unpaired) electrons. The highest BCUT2D eigenvalue weighted by Crippen LogP contribution is 2.19. The highest BCUT2D eigenvalue weighted by Gasteiger charge is 2.08. The molecule has 0 unspecified atom stereocenters. The Bertz CT molecular complexity index is 1050. The predicted molar refractivity (Wildman–Crippen MR) is 119 cm³/mol. The molecule has 30 heavy (non-hydrogen) atoms. The van der Waals surface area contributed by atoms with Gasteiger partial charge in [0.15, 0.2) is 0 Å². The zero-order valence-corrected chi connectivity index (χ0v) is 17.1. The summed E-state index contributed by atoms with van der Waals surface area (Å²) in [5.74, 6) is 0.297. The molecule has 5 heteroatoms. The SMILES string of the molecule is N#C/C(=C\c1ccc(OCc2ccccc2Cl)cc1)C(=O)NCCc1ccccc1. The third-order valence-electron chi connectivity index (χ3n) is 4.45. The van der Waals surface area contributed by atoms with E-state index < -0.39 is 0 Å². The normalized spacial score (nSPS) is 10.9. The van der Waals surface area contributed by atoms with Crippen LogP contribution < -0.4 is 10.1 Å². The van der Waals surface area contributed by atoms with E-state index in [1.165, 1.54) is 0 Å². The summed E-state index contributed by atoms with van der Waals surface area (Å²) in [5.41, 5.74) is 2.84. The lowest BCUT2D eigenvalue weighted by molar-refractivity contribution is -0.117. The van der Waals surface area contributed by atoms with Crippen LogP contribution in [0.4, 0.5) is 0 Å². The van der Waals surface area contributed by atoms with E-state index in [0.717, 1.165) is 16.7 Å². The molecule has 0 heterocycles. The van der Waals surface area contributed by atoms with E-state index in [1.54, 1.807) is 30.3 Å². The van der Waals surface area contributed by atoms with Gasteiger partial charge in [-0.2, -0.15) is 5.26 Å². The number of amides is 1. The molecule has 0 bridgehead atoms. The largest absolute Gasteiger partial charge is 0.489 e. The van der Waals surface area contributed by atoms with Crippen LogP contribution in [0.3, 0.4) is 0 Å². The molecule has 0 aliphatic carbocycles. The molecule has 3 aromatic carbocycles. The van der Waals surface area contributed by atoms with Gasteiger partial charge in [0.05, 0.1) is 0 Å². The third kappa shape index (κ3) is 6.23. The fraction of sp³-hybridized carbons (Fsp3) is 0.120. The average Bonchev–Trinajstić information content (AvgIpc) is 2.78. The van der Waals surface area contributed by atoms with Gasteiger partial charge in [-0.25, -0.2) is 0 Å². The van der Waals surface area contributed by atoms with Gasteiger partial charge in [-0.1, -0.05) is 72.3 Å². The molecular formula is C25H21ClN2O2. The molecule has 0 fully saturated rings. The van der Waals surface area contributed by atoms with Gasteiger partial charge in [-0.15, -0.1) is 0 Å². The van der Waals surface area contributed by atoms with Crippen molar-refractivity contribution in [3.8, 4) is 11.8 Å². The molecule has 1 N–H and O–H groups in total. The summed E-state index contributed by atoms with van der Waals surface area (Å²) in [4.78, 5) is 12.3. The smallest absolute Gasteiger partial charge is 0.261 e. The average molecular weight is 417 g/mol. The van der Waals surface area contributed by atoms with Crippen LogP contribution in [-0.4, -0.2) is 12.5 Å². The summed E-state index contributed by atoms with van der Waals surface area (Å²) < 4.78 is 5.75. The first kappa shape index (κ1) is 21.2. The fourth-order valence-electron chi connectivity index (χ4n) is 2.81. The summed E-state index contributed by atoms with van der Waals surface area (Å²) in [5, 5.41) is 12.8. The lowest BCUT2D eigenvalue weighted by Crippen LogP contribution is -2.26. The maximum atomic E-state index is 12.3. The molecule has 0 spiro atoms. The summed E-state index contributed by atoms with van der Waals surface area (Å²) in [6.45, 7) is 0.832. The molecule has 0 aliphatic rings. The monoisotopic (exact) mass is 416 g/mol. The zero-order valence-electron chi connectivity index (χ0n) is 16.3. The second-order valence-corrected chi connectivity index (χ2v) is 7.02. The Morgan fingerprint density at radius 3 is 2.40 bits per heavy atom. The number of hydrogen-bond acceptors (Lipinski definition) is 3. The number of nitrogens with one attached hydrogen (secondary N) is 1. The lowest BCUT2D eigenvalue weighted by Gasteiger charge is -2.08. The van der Waals surface area contributed by atoms with Crippen molar-refractivity contribution in [2.75, 3.05) is 6.54 Å². The fourth-order valence-corrected chi connectivity index (χ4v) is 3.00. The standard InChI is InChI=1S/C25H21ClN2O2/c26-24-9-5-4-8-21(24)18-30-23-12-10-20(11-13-23)16-22(17-27)25(29)28-15-14-19-6-2-1-3-7-19/h1-13,16H,14-15,18H2,(H,28,29)/b22-16+. The van der Waals surface area contributed by atoms with Crippen LogP contribution in [0.1, 0.15) is 16.7 Å². The van der Waals surface area contributed by atoms with E-state index in [2.05, 4.69) is 5.32 Å². The Morgan fingerprint density at radius 2 is 1.70 bits per heavy atom. The molecule has 3 aromatic rings. The van der Waals surface area contributed by atoms with Crippen LogP contribution in [0.15, 0.2) is 84.4 Å². The molecular weight excluding hydrogens is 396 g/mol. The van der Waals surface area contributed by atoms with Crippen LogP contribution in [0.2, 0.25) is 5.02 Å². The van der Waals surface area contributed by atoms with Gasteiger partial charge in [-0.3, -0.25) is 4.79 Å². The number of halogens is 1. The van der Waals surface area contributed by atoms with Crippen LogP contribution in [0.5, 0.6) is 5.75 Å². The predicted octanol–water partition coefficient (Wildman–Crippen LogP) is 5.18. The van der Waals surface area contributed by atoms with Crippen molar-refractivity contribution in [1.29, 1.82) is 5.26 Å². The number of hydrogen-bond donors (Lipinski definition) is 1. The van der Waals surface area contributed by atoms with Crippen molar-refractivity contribution in [3.63, 3.8) is 0 Å². The van der Waals surface area contributed by atoms with Crippen LogP contribution >= 0.6 is 11.6 Å². The first-order chi connectivity index (χ1) is 14.7. The lowest BCUT2D eigenvalue weighted by atomic mass is 10.1. The van der Waals surface area contributed by atoms with Gasteiger partial charge >= 0.3 is 0 Å². The van der Waals surface area contributed by atoms with Gasteiger partial charge in [0.25, 0.3) is 5.91 Å². The number of nitrogens with zero attached hydrogens (tertiary/aromatic N) is 1. The number of ether oxygens (including phenoxy) is 1. The van der Waals surface area contributed by atoms with E-state index >= 15 is 0 Å². The number of carbonyl (C=O) groups excluding carboxylic acids is 1. The minimum Gasteiger partial charge on any atom is -0.489 e. The Balaban J connectivity index is 1.55. The van der Waals surface area contributed by atoms with Crippen molar-refractivity contribution in [3.05, 3.63) is 106 Å². The van der Waals surface area contributed by atoms with Crippen molar-refractivity contribution in [1.82, 2.24) is 5.32 Å². The Kier molecular flexibility index (Phi) is 7.65. The van der Waals surface area contributed by atoms with Gasteiger partial charge in [0.1, 0.15) is 24.0 Å². The van der Waals surface area contributed by atoms with E-state index in [1.807, 2.05) is 60.7 Å². The second-order valence-electron chi connectivity index (χ2n) is 6.61. The Labute approximate surface area is 181 Å². The molecule has 0 saturated carbocycles. The highest BCUT2D eigenvalue weighted by atomic mass is 35.5. The highest BCUT2D eigenvalue weighted by molar-refractivity contribution is 6.31. The van der Waals surface area contributed by atoms with Crippen molar-refractivity contribution in [2.45, 2.75) is 13.0 Å². The third-order valence-corrected chi connectivity index (χ3v) is 4.82. The van der Waals surface area contributed by atoms with E-state index in [9.17, 15) is 10.1 Å². The van der Waals surface area contributed by atoms with Crippen molar-refractivity contribution < 1.29 is 9.53 Å². The summed E-state index contributed by atoms with van der Waals surface area (Å²) >= 11 is 6.13. The molecule has 150 valence electrons. The minimum atomic E-state index is -0.382. The van der Waals surface area contributed by atoms with Crippen molar-refractivity contribution in [2.24, 2.45) is 0 Å². The topological polar surface area (TPSA) is 62.1 Å². The summed E-state index contributed by atoms with van der Waals surface area (Å²) in [7, 11) is 0. The maximum absolute atomic E-state index is 12.3. The Hall–Kier alpha value is -3.55. The van der Waals surface area contributed by atoms with Crippen LogP contribution in [0.25, 0.3) is 6.08 Å². The first-order valence-corrected chi connectivity index (χ1v) is 9.93. The number of benzene rings is 3. The first-order valence-electron chi connectivity index (χ1n) is 9.56. The molecule has 3 rings (SSSR count). The molecule has 1 amide bonds. The van der Waals surface area contributed by atoms with Gasteiger partial charge in [-0.05, 0) is 41.8 Å². The Morgan fingerprint density at radius 1 is 1.00 bits per heavy atom. The molecule has 0 aliphatic heterocycles. The van der Waals surface area contributed by atoms with Gasteiger partial charge in [0, 0.05) is 17.1 Å². The molecule has 4 nitrogen and oxygen atoms in total. The van der Waals surface area contributed by atoms with Gasteiger partial charge < -0.3 is 10.1 Å². The molecule has 0 aromatic heterocycles. The summed E-state index contributed by atoms with van der Waals surface area (Å²) in [6.07, 6.45) is 2.28. The van der Waals surface area contributed by atoms with Gasteiger partial charge in [0.2, 0.25) is 0 Å². The minimum absolute atomic E-state index is 0.0628. The second kappa shape index (κ2) is 10.8. The zero-order chi connectivity index (χ0) is 21.2. The van der Waals surface area contributed by atoms with E-state index in [-0.39, 0.29) is 11.5 Å². The summed E-state index contributed by atoms with van der Waals surface area (Å²) in [6, 6.07) is 26.6. The number of carbonyl (C=O) groups is 1. The number of nitriles is 1. The quantitative estimate of drug-likeness (QED) is 0.406. The van der Waals surface area contributed by atoms with Crippen LogP contribution in [-0.2, 0) is 17.8 Å². The maximum Gasteiger partial charge on any atom is 0.261 e. The molecule has 0 atom stereocenters. The van der Waals surface area contributed by atoms with E-state index in [0.29, 0.717) is 30.3 Å². The van der Waals surface area contributed by atoms with Crippen molar-refractivity contribution >= 4 is 23.6 Å². The number of rotatable bonds is 8. The van der Waals surface area contributed by atoms with Crippen LogP contribution in [0, 0.1) is 11.3 Å². The van der Waals surface area contributed by atoms with E-state index in [4.69, 9.17) is 16.3 Å².